The Morgan fingerprint density at radius 3 is 2.80 bits per heavy atom. The number of carboxylic acid groups (broad SMARTS) is 1. The maximum Gasteiger partial charge on any atom is 0.338 e. The van der Waals surface area contributed by atoms with E-state index in [1.165, 1.54) is 12.8 Å². The Bertz CT molecular complexity index is 488. The Hall–Kier alpha value is -1.82. The SMILES string of the molecule is Nc1cc(C(=O)O)c(F)cc1NCCOC1CCCC1. The Kier molecular flexibility index (Phi) is 4.79. The number of hydrogen-bond donors (Lipinski definition) is 3. The Balaban J connectivity index is 1.86. The lowest BCUT2D eigenvalue weighted by molar-refractivity contribution is 0.0658. The summed E-state index contributed by atoms with van der Waals surface area (Å²) in [6.45, 7) is 1.03. The fourth-order valence-electron chi connectivity index (χ4n) is 2.37. The largest absolute Gasteiger partial charge is 0.478 e. The van der Waals surface area contributed by atoms with Gasteiger partial charge < -0.3 is 20.9 Å². The van der Waals surface area contributed by atoms with Crippen molar-refractivity contribution in [2.45, 2.75) is 31.8 Å². The predicted molar refractivity (Wildman–Crippen MR) is 74.5 cm³/mol. The van der Waals surface area contributed by atoms with Gasteiger partial charge in [0.25, 0.3) is 0 Å². The van der Waals surface area contributed by atoms with Crippen LogP contribution in [0.15, 0.2) is 12.1 Å². The average Bonchev–Trinajstić information content (AvgIpc) is 2.90. The van der Waals surface area contributed by atoms with Crippen LogP contribution in [0.25, 0.3) is 0 Å². The summed E-state index contributed by atoms with van der Waals surface area (Å²) in [5.74, 6) is -2.13. The van der Waals surface area contributed by atoms with Gasteiger partial charge in [-0.15, -0.1) is 0 Å². The van der Waals surface area contributed by atoms with Crippen LogP contribution in [-0.4, -0.2) is 30.3 Å². The van der Waals surface area contributed by atoms with Crippen LogP contribution in [0.1, 0.15) is 36.0 Å². The number of anilines is 2. The molecule has 2 rings (SSSR count). The van der Waals surface area contributed by atoms with E-state index in [2.05, 4.69) is 5.32 Å². The number of carboxylic acids is 1. The highest BCUT2D eigenvalue weighted by atomic mass is 19.1. The lowest BCUT2D eigenvalue weighted by Crippen LogP contribution is -2.16. The lowest BCUT2D eigenvalue weighted by atomic mass is 10.1. The van der Waals surface area contributed by atoms with E-state index in [9.17, 15) is 9.18 Å². The molecule has 4 N–H and O–H groups in total. The van der Waals surface area contributed by atoms with Gasteiger partial charge in [0.1, 0.15) is 5.82 Å². The smallest absolute Gasteiger partial charge is 0.338 e. The third-order valence-electron chi connectivity index (χ3n) is 3.44. The maximum absolute atomic E-state index is 13.5. The van der Waals surface area contributed by atoms with Gasteiger partial charge in [-0.25, -0.2) is 9.18 Å². The number of benzene rings is 1. The first-order valence-electron chi connectivity index (χ1n) is 6.75. The second-order valence-corrected chi connectivity index (χ2v) is 4.93. The van der Waals surface area contributed by atoms with E-state index in [0.717, 1.165) is 25.0 Å². The first kappa shape index (κ1) is 14.6. The second kappa shape index (κ2) is 6.56. The molecule has 0 saturated heterocycles. The quantitative estimate of drug-likeness (QED) is 0.551. The molecular formula is C14H19FN2O3. The summed E-state index contributed by atoms with van der Waals surface area (Å²) in [6, 6.07) is 2.23. The van der Waals surface area contributed by atoms with Gasteiger partial charge in [0.2, 0.25) is 0 Å². The minimum atomic E-state index is -1.33. The molecule has 1 aromatic carbocycles. The number of nitrogen functional groups attached to an aromatic ring is 1. The van der Waals surface area contributed by atoms with Crippen molar-refractivity contribution in [2.24, 2.45) is 0 Å². The fourth-order valence-corrected chi connectivity index (χ4v) is 2.37. The first-order valence-corrected chi connectivity index (χ1v) is 6.75. The molecule has 0 spiro atoms. The monoisotopic (exact) mass is 282 g/mol. The van der Waals surface area contributed by atoms with Crippen LogP contribution < -0.4 is 11.1 Å². The van der Waals surface area contributed by atoms with Crippen molar-refractivity contribution in [3.05, 3.63) is 23.5 Å². The molecule has 0 unspecified atom stereocenters. The number of halogens is 1. The molecule has 110 valence electrons. The molecule has 6 heteroatoms. The normalized spacial score (nSPS) is 15.4. The van der Waals surface area contributed by atoms with Crippen LogP contribution in [-0.2, 0) is 4.74 Å². The lowest BCUT2D eigenvalue weighted by Gasteiger charge is -2.13. The molecule has 1 aliphatic rings. The highest BCUT2D eigenvalue weighted by Gasteiger charge is 2.15. The average molecular weight is 282 g/mol. The maximum atomic E-state index is 13.5. The van der Waals surface area contributed by atoms with Crippen molar-refractivity contribution >= 4 is 17.3 Å². The van der Waals surface area contributed by atoms with E-state index in [4.69, 9.17) is 15.6 Å². The summed E-state index contributed by atoms with van der Waals surface area (Å²) in [4.78, 5) is 10.8. The van der Waals surface area contributed by atoms with Gasteiger partial charge in [0.15, 0.2) is 0 Å². The number of rotatable bonds is 6. The summed E-state index contributed by atoms with van der Waals surface area (Å²) < 4.78 is 19.2. The summed E-state index contributed by atoms with van der Waals surface area (Å²) in [5, 5.41) is 11.7. The van der Waals surface area contributed by atoms with E-state index in [-0.39, 0.29) is 5.69 Å². The zero-order valence-electron chi connectivity index (χ0n) is 11.2. The van der Waals surface area contributed by atoms with Crippen molar-refractivity contribution in [2.75, 3.05) is 24.2 Å². The third kappa shape index (κ3) is 3.60. The van der Waals surface area contributed by atoms with Gasteiger partial charge in [-0.05, 0) is 25.0 Å². The molecule has 20 heavy (non-hydrogen) atoms. The zero-order chi connectivity index (χ0) is 14.5. The van der Waals surface area contributed by atoms with Crippen molar-refractivity contribution in [3.63, 3.8) is 0 Å². The molecule has 1 fully saturated rings. The van der Waals surface area contributed by atoms with Gasteiger partial charge in [0.05, 0.1) is 29.6 Å². The van der Waals surface area contributed by atoms with Gasteiger partial charge >= 0.3 is 5.97 Å². The molecule has 0 atom stereocenters. The van der Waals surface area contributed by atoms with Crippen LogP contribution in [0.5, 0.6) is 0 Å². The Morgan fingerprint density at radius 1 is 1.45 bits per heavy atom. The molecule has 0 aromatic heterocycles. The van der Waals surface area contributed by atoms with Crippen molar-refractivity contribution in [1.82, 2.24) is 0 Å². The van der Waals surface area contributed by atoms with Crippen molar-refractivity contribution < 1.29 is 19.0 Å². The number of aromatic carboxylic acids is 1. The number of nitrogens with two attached hydrogens (primary N) is 1. The van der Waals surface area contributed by atoms with E-state index in [1.54, 1.807) is 0 Å². The first-order chi connectivity index (χ1) is 9.58. The predicted octanol–water partition coefficient (Wildman–Crippen LogP) is 2.48. The van der Waals surface area contributed by atoms with Gasteiger partial charge in [-0.2, -0.15) is 0 Å². The van der Waals surface area contributed by atoms with Crippen molar-refractivity contribution in [3.8, 4) is 0 Å². The minimum absolute atomic E-state index is 0.213. The second-order valence-electron chi connectivity index (χ2n) is 4.93. The number of hydrogen-bond acceptors (Lipinski definition) is 4. The Morgan fingerprint density at radius 2 is 2.15 bits per heavy atom. The summed E-state index contributed by atoms with van der Waals surface area (Å²) in [6.07, 6.45) is 4.97. The van der Waals surface area contributed by atoms with Gasteiger partial charge in [-0.1, -0.05) is 12.8 Å². The van der Waals surface area contributed by atoms with Gasteiger partial charge in [-0.3, -0.25) is 0 Å². The third-order valence-corrected chi connectivity index (χ3v) is 3.44. The number of carbonyl (C=O) groups is 1. The van der Waals surface area contributed by atoms with E-state index >= 15 is 0 Å². The van der Waals surface area contributed by atoms with Crippen molar-refractivity contribution in [1.29, 1.82) is 0 Å². The fraction of sp³-hybridized carbons (Fsp3) is 0.500. The molecule has 1 aliphatic carbocycles. The summed E-state index contributed by atoms with van der Waals surface area (Å²) in [5.41, 5.74) is 5.88. The number of nitrogens with one attached hydrogen (secondary N) is 1. The minimum Gasteiger partial charge on any atom is -0.478 e. The molecule has 0 heterocycles. The van der Waals surface area contributed by atoms with Crippen LogP contribution in [0.2, 0.25) is 0 Å². The highest BCUT2D eigenvalue weighted by molar-refractivity contribution is 5.90. The summed E-state index contributed by atoms with van der Waals surface area (Å²) >= 11 is 0. The standard InChI is InChI=1S/C14H19FN2O3/c15-11-8-13(12(16)7-10(11)14(18)19)17-5-6-20-9-3-1-2-4-9/h7-9,17H,1-6,16H2,(H,18,19). The molecule has 0 bridgehead atoms. The molecular weight excluding hydrogens is 263 g/mol. The molecule has 1 aromatic rings. The molecule has 5 nitrogen and oxygen atoms in total. The Labute approximate surface area is 116 Å². The molecule has 0 radical (unpaired) electrons. The van der Waals surface area contributed by atoms with Crippen LogP contribution in [0, 0.1) is 5.82 Å². The molecule has 0 aliphatic heterocycles. The zero-order valence-corrected chi connectivity index (χ0v) is 11.2. The van der Waals surface area contributed by atoms with E-state index in [0.29, 0.717) is 24.9 Å². The topological polar surface area (TPSA) is 84.6 Å². The molecule has 1 saturated carbocycles. The number of ether oxygens (including phenoxy) is 1. The van der Waals surface area contributed by atoms with E-state index < -0.39 is 17.3 Å². The summed E-state index contributed by atoms with van der Waals surface area (Å²) in [7, 11) is 0. The van der Waals surface area contributed by atoms with Gasteiger partial charge in [0, 0.05) is 6.54 Å². The highest BCUT2D eigenvalue weighted by Crippen LogP contribution is 2.23. The van der Waals surface area contributed by atoms with Crippen LogP contribution >= 0.6 is 0 Å². The van der Waals surface area contributed by atoms with E-state index in [1.807, 2.05) is 0 Å². The molecule has 0 amide bonds. The van der Waals surface area contributed by atoms with Crippen LogP contribution in [0.3, 0.4) is 0 Å². The van der Waals surface area contributed by atoms with Crippen LogP contribution in [0.4, 0.5) is 15.8 Å².